The van der Waals surface area contributed by atoms with Crippen LogP contribution in [0.1, 0.15) is 50.5 Å². The Morgan fingerprint density at radius 2 is 1.80 bits per heavy atom. The number of hydrazine groups is 1. The van der Waals surface area contributed by atoms with Gasteiger partial charge in [-0.1, -0.05) is 0 Å². The van der Waals surface area contributed by atoms with Crippen LogP contribution < -0.4 is 5.43 Å². The summed E-state index contributed by atoms with van der Waals surface area (Å²) in [6, 6.07) is 3.37. The van der Waals surface area contributed by atoms with Gasteiger partial charge in [0, 0.05) is 12.0 Å². The number of fused-ring (bicyclic) bond motifs is 1. The number of ether oxygens (including phenoxy) is 3. The van der Waals surface area contributed by atoms with Gasteiger partial charge < -0.3 is 14.2 Å². The fourth-order valence-corrected chi connectivity index (χ4v) is 3.05. The summed E-state index contributed by atoms with van der Waals surface area (Å²) in [6.45, 7) is 7.68. The molecule has 1 atom stereocenters. The maximum absolute atomic E-state index is 13.8. The second-order valence-corrected chi connectivity index (χ2v) is 7.54. The van der Waals surface area contributed by atoms with Crippen molar-refractivity contribution in [3.63, 3.8) is 0 Å². The molecule has 0 unspecified atom stereocenters. The number of halogens is 1. The van der Waals surface area contributed by atoms with Gasteiger partial charge in [0.05, 0.1) is 13.2 Å². The topological polar surface area (TPSA) is 111 Å². The number of hydrogen-bond acceptors (Lipinski definition) is 7. The molecule has 0 bridgehead atoms. The molecule has 0 radical (unpaired) electrons. The van der Waals surface area contributed by atoms with Gasteiger partial charge in [-0.3, -0.25) is 4.79 Å². The minimum atomic E-state index is -2.33. The molecule has 2 rings (SSSR count). The fourth-order valence-electron chi connectivity index (χ4n) is 3.05. The lowest BCUT2D eigenvalue weighted by Crippen LogP contribution is -2.68. The molecule has 30 heavy (non-hydrogen) atoms. The van der Waals surface area contributed by atoms with E-state index >= 15 is 0 Å². The van der Waals surface area contributed by atoms with Crippen molar-refractivity contribution < 1.29 is 37.8 Å². The van der Waals surface area contributed by atoms with E-state index in [0.717, 1.165) is 12.1 Å². The molecule has 2 amide bonds. The number of nitrogens with zero attached hydrogens (tertiary/aromatic N) is 1. The Morgan fingerprint density at radius 1 is 1.17 bits per heavy atom. The number of nitrogens with one attached hydrogen (secondary N) is 1. The van der Waals surface area contributed by atoms with Crippen LogP contribution in [-0.4, -0.2) is 53.3 Å². The average molecular weight is 424 g/mol. The number of amides is 2. The summed E-state index contributed by atoms with van der Waals surface area (Å²) in [5.41, 5.74) is -1.02. The highest BCUT2D eigenvalue weighted by Crippen LogP contribution is 2.37. The van der Waals surface area contributed by atoms with E-state index in [1.807, 2.05) is 0 Å². The number of esters is 1. The minimum Gasteiger partial charge on any atom is -0.458 e. The van der Waals surface area contributed by atoms with Crippen LogP contribution in [0.2, 0.25) is 0 Å². The smallest absolute Gasteiger partial charge is 0.430 e. The molecule has 0 saturated carbocycles. The average Bonchev–Trinajstić information content (AvgIpc) is 2.91. The van der Waals surface area contributed by atoms with Crippen molar-refractivity contribution in [2.45, 2.75) is 52.2 Å². The van der Waals surface area contributed by atoms with Gasteiger partial charge in [-0.15, -0.1) is 0 Å². The van der Waals surface area contributed by atoms with E-state index < -0.39 is 47.3 Å². The number of ketones is 1. The van der Waals surface area contributed by atoms with Crippen LogP contribution >= 0.6 is 0 Å². The SMILES string of the molecule is CCOC(=O)NN(C(=O)OCC)[C@]1(C(=O)OC(C)(C)C)Cc2cc(F)ccc2C1=O. The van der Waals surface area contributed by atoms with Gasteiger partial charge in [-0.05, 0) is 58.4 Å². The normalized spacial score (nSPS) is 17.7. The molecule has 0 aromatic heterocycles. The Morgan fingerprint density at radius 3 is 2.37 bits per heavy atom. The van der Waals surface area contributed by atoms with Crippen molar-refractivity contribution in [2.75, 3.05) is 13.2 Å². The van der Waals surface area contributed by atoms with E-state index in [-0.39, 0.29) is 24.3 Å². The second kappa shape index (κ2) is 8.68. The van der Waals surface area contributed by atoms with Crippen molar-refractivity contribution in [1.29, 1.82) is 0 Å². The molecule has 0 fully saturated rings. The van der Waals surface area contributed by atoms with Crippen molar-refractivity contribution >= 4 is 23.9 Å². The lowest BCUT2D eigenvalue weighted by atomic mass is 9.93. The fraction of sp³-hybridized carbons (Fsp3) is 0.500. The van der Waals surface area contributed by atoms with Gasteiger partial charge in [-0.2, -0.15) is 5.01 Å². The molecular weight excluding hydrogens is 399 g/mol. The van der Waals surface area contributed by atoms with Crippen LogP contribution in [0.5, 0.6) is 0 Å². The zero-order chi connectivity index (χ0) is 22.7. The number of carbonyl (C=O) groups excluding carboxylic acids is 4. The van der Waals surface area contributed by atoms with E-state index in [0.29, 0.717) is 5.01 Å². The Kier molecular flexibility index (Phi) is 6.69. The third kappa shape index (κ3) is 4.52. The molecule has 1 aromatic rings. The Balaban J connectivity index is 2.64. The molecule has 1 aliphatic rings. The Labute approximate surface area is 173 Å². The van der Waals surface area contributed by atoms with Gasteiger partial charge in [0.1, 0.15) is 11.4 Å². The van der Waals surface area contributed by atoms with E-state index in [9.17, 15) is 23.6 Å². The summed E-state index contributed by atoms with van der Waals surface area (Å²) < 4.78 is 28.9. The van der Waals surface area contributed by atoms with Crippen LogP contribution in [0.4, 0.5) is 14.0 Å². The predicted molar refractivity (Wildman–Crippen MR) is 102 cm³/mol. The predicted octanol–water partition coefficient (Wildman–Crippen LogP) is 2.76. The summed E-state index contributed by atoms with van der Waals surface area (Å²) in [4.78, 5) is 51.4. The summed E-state index contributed by atoms with van der Waals surface area (Å²) in [6.07, 6.45) is -2.67. The molecule has 9 nitrogen and oxygen atoms in total. The Hall–Kier alpha value is -3.17. The summed E-state index contributed by atoms with van der Waals surface area (Å²) >= 11 is 0. The first-order valence-electron chi connectivity index (χ1n) is 9.43. The first kappa shape index (κ1) is 23.1. The molecule has 10 heteroatoms. The van der Waals surface area contributed by atoms with Gasteiger partial charge in [0.15, 0.2) is 0 Å². The van der Waals surface area contributed by atoms with Crippen LogP contribution in [0, 0.1) is 5.82 Å². The third-order valence-electron chi connectivity index (χ3n) is 4.18. The lowest BCUT2D eigenvalue weighted by molar-refractivity contribution is -0.166. The van der Waals surface area contributed by atoms with Crippen LogP contribution in [-0.2, 0) is 25.4 Å². The monoisotopic (exact) mass is 424 g/mol. The van der Waals surface area contributed by atoms with E-state index in [2.05, 4.69) is 5.43 Å². The molecule has 164 valence electrons. The van der Waals surface area contributed by atoms with Crippen LogP contribution in [0.25, 0.3) is 0 Å². The minimum absolute atomic E-state index is 0.0265. The van der Waals surface area contributed by atoms with Gasteiger partial charge >= 0.3 is 18.2 Å². The number of benzene rings is 1. The number of hydrogen-bond donors (Lipinski definition) is 1. The van der Waals surface area contributed by atoms with E-state index in [1.165, 1.54) is 19.9 Å². The highest BCUT2D eigenvalue weighted by Gasteiger charge is 2.61. The third-order valence-corrected chi connectivity index (χ3v) is 4.18. The van der Waals surface area contributed by atoms with Crippen LogP contribution in [0.15, 0.2) is 18.2 Å². The largest absolute Gasteiger partial charge is 0.458 e. The van der Waals surface area contributed by atoms with Crippen molar-refractivity contribution in [3.8, 4) is 0 Å². The Bertz CT molecular complexity index is 865. The number of carbonyl (C=O) groups is 4. The second-order valence-electron chi connectivity index (χ2n) is 7.54. The molecule has 1 aliphatic carbocycles. The highest BCUT2D eigenvalue weighted by molar-refractivity contribution is 6.21. The lowest BCUT2D eigenvalue weighted by Gasteiger charge is -2.37. The summed E-state index contributed by atoms with van der Waals surface area (Å²) in [5, 5.41) is 0.475. The van der Waals surface area contributed by atoms with Gasteiger partial charge in [-0.25, -0.2) is 24.2 Å². The summed E-state index contributed by atoms with van der Waals surface area (Å²) in [5.74, 6) is -2.55. The standard InChI is InChI=1S/C20H25FN2O7/c1-6-28-17(26)22-23(18(27)29-7-2)20(16(25)30-19(3,4)5)11-12-10-13(21)8-9-14(12)15(20)24/h8-10H,6-7,11H2,1-5H3,(H,22,26)/t20-/m1/s1. The molecule has 1 N–H and O–H groups in total. The zero-order valence-corrected chi connectivity index (χ0v) is 17.5. The van der Waals surface area contributed by atoms with Crippen molar-refractivity contribution in [2.24, 2.45) is 0 Å². The van der Waals surface area contributed by atoms with Crippen LogP contribution in [0.3, 0.4) is 0 Å². The number of rotatable bonds is 4. The van der Waals surface area contributed by atoms with E-state index in [4.69, 9.17) is 14.2 Å². The highest BCUT2D eigenvalue weighted by atomic mass is 19.1. The summed E-state index contributed by atoms with van der Waals surface area (Å²) in [7, 11) is 0. The molecule has 0 aliphatic heterocycles. The molecule has 1 aromatic carbocycles. The van der Waals surface area contributed by atoms with Gasteiger partial charge in [0.2, 0.25) is 11.3 Å². The van der Waals surface area contributed by atoms with Gasteiger partial charge in [0.25, 0.3) is 0 Å². The van der Waals surface area contributed by atoms with E-state index in [1.54, 1.807) is 20.8 Å². The molecule has 0 saturated heterocycles. The molecule has 0 spiro atoms. The maximum Gasteiger partial charge on any atom is 0.430 e. The first-order chi connectivity index (χ1) is 14.0. The van der Waals surface area contributed by atoms with Crippen molar-refractivity contribution in [3.05, 3.63) is 35.1 Å². The molecule has 0 heterocycles. The maximum atomic E-state index is 13.8. The first-order valence-corrected chi connectivity index (χ1v) is 9.43. The zero-order valence-electron chi connectivity index (χ0n) is 17.5. The molecular formula is C20H25FN2O7. The van der Waals surface area contributed by atoms with Crippen molar-refractivity contribution in [1.82, 2.24) is 10.4 Å². The number of Topliss-reactive ketones (excluding diaryl/α,β-unsaturated/α-hetero) is 1. The quantitative estimate of drug-likeness (QED) is 0.342.